The van der Waals surface area contributed by atoms with E-state index >= 15 is 0 Å². The molecule has 1 amide bonds. The van der Waals surface area contributed by atoms with E-state index in [0.29, 0.717) is 18.4 Å². The summed E-state index contributed by atoms with van der Waals surface area (Å²) >= 11 is 0. The van der Waals surface area contributed by atoms with Crippen molar-refractivity contribution in [1.82, 2.24) is 15.1 Å². The number of carbonyl (C=O) groups excluding carboxylic acids is 1. The largest absolute Gasteiger partial charge is 0.422 e. The highest BCUT2D eigenvalue weighted by Gasteiger charge is 2.14. The normalized spacial score (nSPS) is 11.2. The Hall–Kier alpha value is -2.96. The summed E-state index contributed by atoms with van der Waals surface area (Å²) in [6.45, 7) is 4.38. The van der Waals surface area contributed by atoms with Gasteiger partial charge in [0.1, 0.15) is 17.0 Å². The first-order valence-electron chi connectivity index (χ1n) is 7.99. The SMILES string of the molecule is CC(C)n1ccc(CCNC(=O)c2cc3cc(F)ccc3oc2=O)n1. The minimum absolute atomic E-state index is 0.147. The van der Waals surface area contributed by atoms with E-state index in [1.807, 2.05) is 30.8 Å². The van der Waals surface area contributed by atoms with Gasteiger partial charge in [0, 0.05) is 30.6 Å². The number of hydrogen-bond donors (Lipinski definition) is 1. The number of nitrogens with zero attached hydrogens (tertiary/aromatic N) is 2. The van der Waals surface area contributed by atoms with Crippen molar-refractivity contribution >= 4 is 16.9 Å². The van der Waals surface area contributed by atoms with E-state index in [9.17, 15) is 14.0 Å². The first-order chi connectivity index (χ1) is 11.9. The number of halogens is 1. The zero-order valence-corrected chi connectivity index (χ0v) is 14.0. The van der Waals surface area contributed by atoms with Gasteiger partial charge in [0.05, 0.1) is 5.69 Å². The van der Waals surface area contributed by atoms with Crippen molar-refractivity contribution in [1.29, 1.82) is 0 Å². The summed E-state index contributed by atoms with van der Waals surface area (Å²) in [6.07, 6.45) is 2.42. The van der Waals surface area contributed by atoms with Crippen LogP contribution >= 0.6 is 0 Å². The maximum Gasteiger partial charge on any atom is 0.349 e. The van der Waals surface area contributed by atoms with Gasteiger partial charge in [-0.1, -0.05) is 0 Å². The molecule has 130 valence electrons. The first-order valence-corrected chi connectivity index (χ1v) is 7.99. The molecule has 0 atom stereocenters. The Morgan fingerprint density at radius 2 is 2.12 bits per heavy atom. The van der Waals surface area contributed by atoms with Crippen LogP contribution in [0.3, 0.4) is 0 Å². The summed E-state index contributed by atoms with van der Waals surface area (Å²) in [5.41, 5.74) is 0.190. The highest BCUT2D eigenvalue weighted by atomic mass is 19.1. The molecular weight excluding hydrogens is 325 g/mol. The third-order valence-corrected chi connectivity index (χ3v) is 3.80. The molecule has 3 aromatic rings. The lowest BCUT2D eigenvalue weighted by atomic mass is 10.1. The molecule has 7 heteroatoms. The third kappa shape index (κ3) is 3.76. The maximum absolute atomic E-state index is 13.3. The van der Waals surface area contributed by atoms with Crippen LogP contribution in [-0.4, -0.2) is 22.2 Å². The molecule has 0 aliphatic heterocycles. The maximum atomic E-state index is 13.3. The third-order valence-electron chi connectivity index (χ3n) is 3.80. The number of aromatic nitrogens is 2. The zero-order chi connectivity index (χ0) is 18.0. The van der Waals surface area contributed by atoms with E-state index in [1.165, 1.54) is 24.3 Å². The van der Waals surface area contributed by atoms with Crippen LogP contribution in [0.1, 0.15) is 35.9 Å². The van der Waals surface area contributed by atoms with Gasteiger partial charge in [-0.25, -0.2) is 9.18 Å². The fraction of sp³-hybridized carbons (Fsp3) is 0.278. The fourth-order valence-corrected chi connectivity index (χ4v) is 2.45. The van der Waals surface area contributed by atoms with Crippen LogP contribution < -0.4 is 10.9 Å². The Balaban J connectivity index is 1.69. The molecule has 0 saturated heterocycles. The van der Waals surface area contributed by atoms with Gasteiger partial charge in [-0.3, -0.25) is 9.48 Å². The van der Waals surface area contributed by atoms with Gasteiger partial charge in [-0.05, 0) is 44.2 Å². The predicted octanol–water partition coefficient (Wildman–Crippen LogP) is 2.68. The van der Waals surface area contributed by atoms with E-state index < -0.39 is 17.3 Å². The molecule has 0 unspecified atom stereocenters. The number of benzene rings is 1. The van der Waals surface area contributed by atoms with Crippen LogP contribution in [0.2, 0.25) is 0 Å². The highest BCUT2D eigenvalue weighted by Crippen LogP contribution is 2.15. The Morgan fingerprint density at radius 3 is 2.84 bits per heavy atom. The van der Waals surface area contributed by atoms with Crippen LogP contribution in [0.25, 0.3) is 11.0 Å². The second-order valence-corrected chi connectivity index (χ2v) is 6.02. The second kappa shape index (κ2) is 6.88. The summed E-state index contributed by atoms with van der Waals surface area (Å²) in [6, 6.07) is 7.27. The number of nitrogens with one attached hydrogen (secondary N) is 1. The van der Waals surface area contributed by atoms with Crippen molar-refractivity contribution in [3.8, 4) is 0 Å². The average molecular weight is 343 g/mol. The lowest BCUT2D eigenvalue weighted by molar-refractivity contribution is 0.0950. The van der Waals surface area contributed by atoms with Crippen molar-refractivity contribution < 1.29 is 13.6 Å². The quantitative estimate of drug-likeness (QED) is 0.723. The van der Waals surface area contributed by atoms with Crippen molar-refractivity contribution in [2.24, 2.45) is 0 Å². The van der Waals surface area contributed by atoms with Gasteiger partial charge >= 0.3 is 5.63 Å². The molecule has 6 nitrogen and oxygen atoms in total. The number of carbonyl (C=O) groups is 1. The van der Waals surface area contributed by atoms with Crippen LogP contribution in [0.5, 0.6) is 0 Å². The molecule has 0 spiro atoms. The molecule has 1 aromatic carbocycles. The van der Waals surface area contributed by atoms with Crippen molar-refractivity contribution in [2.45, 2.75) is 26.3 Å². The molecule has 0 fully saturated rings. The predicted molar refractivity (Wildman–Crippen MR) is 91.1 cm³/mol. The minimum Gasteiger partial charge on any atom is -0.422 e. The second-order valence-electron chi connectivity index (χ2n) is 6.02. The standard InChI is InChI=1S/C18H18FN3O3/c1-11(2)22-8-6-14(21-22)5-7-20-17(23)15-10-12-9-13(19)3-4-16(12)25-18(15)24/h3-4,6,8-11H,5,7H2,1-2H3,(H,20,23). The van der Waals surface area contributed by atoms with Crippen molar-refractivity contribution in [3.63, 3.8) is 0 Å². The molecule has 3 rings (SSSR count). The summed E-state index contributed by atoms with van der Waals surface area (Å²) in [4.78, 5) is 24.1. The molecule has 0 aliphatic rings. The molecule has 0 saturated carbocycles. The van der Waals surface area contributed by atoms with Gasteiger partial charge in [-0.2, -0.15) is 5.10 Å². The number of fused-ring (bicyclic) bond motifs is 1. The number of rotatable bonds is 5. The summed E-state index contributed by atoms with van der Waals surface area (Å²) in [7, 11) is 0. The Morgan fingerprint density at radius 1 is 1.32 bits per heavy atom. The van der Waals surface area contributed by atoms with Gasteiger partial charge in [0.25, 0.3) is 5.91 Å². The van der Waals surface area contributed by atoms with Crippen molar-refractivity contribution in [3.05, 3.63) is 64.0 Å². The zero-order valence-electron chi connectivity index (χ0n) is 14.0. The molecule has 2 aromatic heterocycles. The number of amides is 1. The topological polar surface area (TPSA) is 77.1 Å². The lowest BCUT2D eigenvalue weighted by Crippen LogP contribution is -2.30. The van der Waals surface area contributed by atoms with Crippen LogP contribution in [0.15, 0.2) is 45.7 Å². The van der Waals surface area contributed by atoms with Crippen LogP contribution in [0.4, 0.5) is 4.39 Å². The van der Waals surface area contributed by atoms with Gasteiger partial charge in [-0.15, -0.1) is 0 Å². The van der Waals surface area contributed by atoms with E-state index in [1.54, 1.807) is 0 Å². The highest BCUT2D eigenvalue weighted by molar-refractivity contribution is 5.96. The molecule has 25 heavy (non-hydrogen) atoms. The minimum atomic E-state index is -0.749. The Labute approximate surface area is 143 Å². The van der Waals surface area contributed by atoms with Crippen molar-refractivity contribution in [2.75, 3.05) is 6.54 Å². The van der Waals surface area contributed by atoms with E-state index in [4.69, 9.17) is 4.42 Å². The molecule has 0 bridgehead atoms. The fourth-order valence-electron chi connectivity index (χ4n) is 2.45. The smallest absolute Gasteiger partial charge is 0.349 e. The monoisotopic (exact) mass is 343 g/mol. The average Bonchev–Trinajstić information content (AvgIpc) is 3.03. The Bertz CT molecular complexity index is 975. The summed E-state index contributed by atoms with van der Waals surface area (Å²) in [5, 5.41) is 7.42. The van der Waals surface area contributed by atoms with Gasteiger partial charge in [0.15, 0.2) is 0 Å². The molecule has 0 radical (unpaired) electrons. The van der Waals surface area contributed by atoms with Crippen LogP contribution in [0, 0.1) is 5.82 Å². The number of hydrogen-bond acceptors (Lipinski definition) is 4. The molecule has 2 heterocycles. The molecule has 1 N–H and O–H groups in total. The van der Waals surface area contributed by atoms with E-state index in [-0.39, 0.29) is 17.2 Å². The van der Waals surface area contributed by atoms with E-state index in [2.05, 4.69) is 10.4 Å². The lowest BCUT2D eigenvalue weighted by Gasteiger charge is -2.05. The van der Waals surface area contributed by atoms with Gasteiger partial charge < -0.3 is 9.73 Å². The molecule has 0 aliphatic carbocycles. The first kappa shape index (κ1) is 16.9. The Kier molecular flexibility index (Phi) is 4.65. The van der Waals surface area contributed by atoms with Crippen LogP contribution in [-0.2, 0) is 6.42 Å². The summed E-state index contributed by atoms with van der Waals surface area (Å²) in [5.74, 6) is -1.02. The van der Waals surface area contributed by atoms with Gasteiger partial charge in [0.2, 0.25) is 0 Å². The van der Waals surface area contributed by atoms with E-state index in [0.717, 1.165) is 5.69 Å². The molecular formula is C18H18FN3O3. The summed E-state index contributed by atoms with van der Waals surface area (Å²) < 4.78 is 20.2.